The average molecular weight is 435 g/mol. The van der Waals surface area contributed by atoms with Gasteiger partial charge >= 0.3 is 0 Å². The van der Waals surface area contributed by atoms with Crippen molar-refractivity contribution in [2.75, 3.05) is 6.54 Å². The van der Waals surface area contributed by atoms with Crippen molar-refractivity contribution in [3.05, 3.63) is 92.6 Å². The minimum Gasteiger partial charge on any atom is -0.508 e. The van der Waals surface area contributed by atoms with Crippen LogP contribution in [0.15, 0.2) is 65.9 Å². The highest BCUT2D eigenvalue weighted by atomic mass is 32.1. The van der Waals surface area contributed by atoms with Gasteiger partial charge in [0.15, 0.2) is 5.76 Å². The van der Waals surface area contributed by atoms with Gasteiger partial charge in [-0.15, -0.1) is 11.3 Å². The van der Waals surface area contributed by atoms with Gasteiger partial charge in [-0.2, -0.15) is 0 Å². The van der Waals surface area contributed by atoms with Crippen LogP contribution in [0.1, 0.15) is 37.5 Å². The van der Waals surface area contributed by atoms with Gasteiger partial charge in [-0.3, -0.25) is 9.59 Å². The number of carbonyl (C=O) groups excluding carboxylic acids is 2. The summed E-state index contributed by atoms with van der Waals surface area (Å²) < 4.78 is 0. The number of Topliss-reactive ketones (excluding diaryl/α,β-unsaturated/α-hetero) is 1. The molecule has 31 heavy (non-hydrogen) atoms. The fourth-order valence-electron chi connectivity index (χ4n) is 3.92. The molecule has 1 unspecified atom stereocenters. The Balaban J connectivity index is 1.75. The highest BCUT2D eigenvalue weighted by molar-refractivity contribution is 7.14. The number of aliphatic hydroxyl groups excluding tert-OH is 1. The second-order valence-corrected chi connectivity index (χ2v) is 8.67. The molecule has 0 bridgehead atoms. The zero-order valence-corrected chi connectivity index (χ0v) is 18.0. The summed E-state index contributed by atoms with van der Waals surface area (Å²) >= 11 is 1.24. The topological polar surface area (TPSA) is 90.7 Å². The van der Waals surface area contributed by atoms with Crippen LogP contribution in [0.2, 0.25) is 0 Å². The number of benzene rings is 2. The lowest BCUT2D eigenvalue weighted by molar-refractivity contribution is -0.129. The number of aromatic nitrogens is 1. The summed E-state index contributed by atoms with van der Waals surface area (Å²) in [7, 11) is 0. The van der Waals surface area contributed by atoms with E-state index in [2.05, 4.69) is 4.98 Å². The molecular weight excluding hydrogens is 412 g/mol. The molecule has 158 valence electrons. The number of carbonyl (C=O) groups is 2. The third-order valence-electron chi connectivity index (χ3n) is 5.33. The van der Waals surface area contributed by atoms with E-state index in [-0.39, 0.29) is 11.3 Å². The largest absolute Gasteiger partial charge is 0.508 e. The van der Waals surface area contributed by atoms with Crippen LogP contribution in [-0.2, 0) is 11.2 Å². The molecule has 0 saturated carbocycles. The second-order valence-electron chi connectivity index (χ2n) is 7.47. The lowest BCUT2D eigenvalue weighted by atomic mass is 9.94. The summed E-state index contributed by atoms with van der Waals surface area (Å²) in [4.78, 5) is 32.7. The number of phenolic OH excluding ortho intramolecular Hbond substituents is 1. The summed E-state index contributed by atoms with van der Waals surface area (Å²) in [6.45, 7) is 3.85. The molecule has 7 heteroatoms. The number of hydrogen-bond donors (Lipinski definition) is 2. The number of phenols is 1. The van der Waals surface area contributed by atoms with E-state index in [1.54, 1.807) is 26.0 Å². The van der Waals surface area contributed by atoms with Crippen LogP contribution in [0.5, 0.6) is 5.75 Å². The van der Waals surface area contributed by atoms with Gasteiger partial charge in [0.1, 0.15) is 5.75 Å². The summed E-state index contributed by atoms with van der Waals surface area (Å²) in [5, 5.41) is 21.5. The Morgan fingerprint density at radius 1 is 1.10 bits per heavy atom. The summed E-state index contributed by atoms with van der Waals surface area (Å²) in [5.74, 6) is -1.52. The molecule has 3 aromatic rings. The standard InChI is InChI=1S/C24H22N2O4S/c1-14-23(31-15(2)25-14)21(28)19-20(17-9-6-10-18(27)13-17)26(24(30)22(19)29)12-11-16-7-4-3-5-8-16/h3-10,13,20,27,29H,11-12H2,1-2H3. The number of ketones is 1. The minimum atomic E-state index is -0.794. The van der Waals surface area contributed by atoms with E-state index in [0.717, 1.165) is 10.6 Å². The molecule has 4 rings (SSSR count). The SMILES string of the molecule is Cc1nc(C)c(C(=O)C2=C(O)C(=O)N(CCc3ccccc3)C2c2cccc(O)c2)s1. The normalized spacial score (nSPS) is 16.3. The van der Waals surface area contributed by atoms with Crippen molar-refractivity contribution in [1.29, 1.82) is 0 Å². The number of aryl methyl sites for hydroxylation is 2. The Kier molecular flexibility index (Phi) is 5.61. The van der Waals surface area contributed by atoms with E-state index in [1.165, 1.54) is 28.4 Å². The minimum absolute atomic E-state index is 0.0235. The van der Waals surface area contributed by atoms with Crippen molar-refractivity contribution in [1.82, 2.24) is 9.88 Å². The van der Waals surface area contributed by atoms with E-state index in [1.807, 2.05) is 30.3 Å². The molecule has 0 spiro atoms. The molecule has 2 heterocycles. The Morgan fingerprint density at radius 3 is 2.48 bits per heavy atom. The van der Waals surface area contributed by atoms with Crippen LogP contribution in [0.25, 0.3) is 0 Å². The van der Waals surface area contributed by atoms with Crippen molar-refractivity contribution in [2.24, 2.45) is 0 Å². The Bertz CT molecular complexity index is 1180. The zero-order chi connectivity index (χ0) is 22.1. The van der Waals surface area contributed by atoms with Crippen LogP contribution < -0.4 is 0 Å². The first-order valence-electron chi connectivity index (χ1n) is 9.92. The molecule has 0 aliphatic carbocycles. The number of hydrogen-bond acceptors (Lipinski definition) is 6. The molecule has 6 nitrogen and oxygen atoms in total. The molecule has 1 aromatic heterocycles. The molecule has 0 radical (unpaired) electrons. The van der Waals surface area contributed by atoms with E-state index < -0.39 is 23.5 Å². The molecule has 0 saturated heterocycles. The van der Waals surface area contributed by atoms with E-state index in [4.69, 9.17) is 0 Å². The maximum atomic E-state index is 13.4. The summed E-state index contributed by atoms with van der Waals surface area (Å²) in [6.07, 6.45) is 0.565. The van der Waals surface area contributed by atoms with E-state index >= 15 is 0 Å². The quantitative estimate of drug-likeness (QED) is 0.565. The number of nitrogens with zero attached hydrogens (tertiary/aromatic N) is 2. The lowest BCUT2D eigenvalue weighted by Crippen LogP contribution is -2.33. The maximum absolute atomic E-state index is 13.4. The molecule has 1 amide bonds. The molecular formula is C24H22N2O4S. The number of rotatable bonds is 6. The third kappa shape index (κ3) is 3.96. The van der Waals surface area contributed by atoms with Gasteiger partial charge in [-0.25, -0.2) is 4.98 Å². The van der Waals surface area contributed by atoms with Gasteiger partial charge < -0.3 is 15.1 Å². The van der Waals surface area contributed by atoms with Gasteiger partial charge in [0, 0.05) is 6.54 Å². The van der Waals surface area contributed by atoms with Crippen LogP contribution in [-0.4, -0.2) is 38.3 Å². The highest BCUT2D eigenvalue weighted by Gasteiger charge is 2.44. The van der Waals surface area contributed by atoms with Crippen molar-refractivity contribution in [3.8, 4) is 5.75 Å². The fourth-order valence-corrected chi connectivity index (χ4v) is 4.79. The third-order valence-corrected chi connectivity index (χ3v) is 6.40. The second kappa shape index (κ2) is 8.35. The summed E-state index contributed by atoms with van der Waals surface area (Å²) in [6, 6.07) is 15.3. The van der Waals surface area contributed by atoms with Crippen molar-refractivity contribution in [2.45, 2.75) is 26.3 Å². The highest BCUT2D eigenvalue weighted by Crippen LogP contribution is 2.40. The van der Waals surface area contributed by atoms with Crippen molar-refractivity contribution >= 4 is 23.0 Å². The monoisotopic (exact) mass is 434 g/mol. The predicted molar refractivity (Wildman–Crippen MR) is 118 cm³/mol. The molecule has 2 aromatic carbocycles. The van der Waals surface area contributed by atoms with Crippen LogP contribution >= 0.6 is 11.3 Å². The molecule has 1 aliphatic rings. The van der Waals surface area contributed by atoms with Crippen molar-refractivity contribution in [3.63, 3.8) is 0 Å². The molecule has 1 aliphatic heterocycles. The van der Waals surface area contributed by atoms with E-state index in [0.29, 0.717) is 29.1 Å². The first kappa shape index (κ1) is 20.8. The number of aliphatic hydroxyl groups is 1. The smallest absolute Gasteiger partial charge is 0.290 e. The lowest BCUT2D eigenvalue weighted by Gasteiger charge is -2.27. The first-order chi connectivity index (χ1) is 14.9. The van der Waals surface area contributed by atoms with Crippen LogP contribution in [0.4, 0.5) is 0 Å². The summed E-state index contributed by atoms with van der Waals surface area (Å²) in [5.41, 5.74) is 2.19. The molecule has 1 atom stereocenters. The Hall–Kier alpha value is -3.45. The van der Waals surface area contributed by atoms with E-state index in [9.17, 15) is 19.8 Å². The van der Waals surface area contributed by atoms with Gasteiger partial charge in [0.25, 0.3) is 5.91 Å². The Morgan fingerprint density at radius 2 is 1.84 bits per heavy atom. The van der Waals surface area contributed by atoms with Gasteiger partial charge in [0.2, 0.25) is 5.78 Å². The number of aromatic hydroxyl groups is 1. The fraction of sp³-hybridized carbons (Fsp3) is 0.208. The first-order valence-corrected chi connectivity index (χ1v) is 10.7. The number of thiazole rings is 1. The van der Waals surface area contributed by atoms with Crippen molar-refractivity contribution < 1.29 is 19.8 Å². The Labute approximate surface area is 184 Å². The predicted octanol–water partition coefficient (Wildman–Crippen LogP) is 4.29. The van der Waals surface area contributed by atoms with Crippen LogP contribution in [0.3, 0.4) is 0 Å². The zero-order valence-electron chi connectivity index (χ0n) is 17.2. The molecule has 2 N–H and O–H groups in total. The average Bonchev–Trinajstić information content (AvgIpc) is 3.22. The van der Waals surface area contributed by atoms with Gasteiger partial charge in [0.05, 0.1) is 27.2 Å². The van der Waals surface area contributed by atoms with Gasteiger partial charge in [-0.1, -0.05) is 42.5 Å². The van der Waals surface area contributed by atoms with Crippen LogP contribution in [0, 0.1) is 13.8 Å². The molecule has 0 fully saturated rings. The maximum Gasteiger partial charge on any atom is 0.290 e. The van der Waals surface area contributed by atoms with Gasteiger partial charge in [-0.05, 0) is 43.5 Å². The number of amides is 1.